The minimum atomic E-state index is -0.827. The molecule has 4 amide bonds. The van der Waals surface area contributed by atoms with E-state index in [9.17, 15) is 14.4 Å². The first kappa shape index (κ1) is 10.1. The highest BCUT2D eigenvalue weighted by atomic mass is 16.5. The molecule has 2 fully saturated rings. The third kappa shape index (κ3) is 1.99. The van der Waals surface area contributed by atoms with Crippen molar-refractivity contribution in [1.29, 1.82) is 0 Å². The van der Waals surface area contributed by atoms with E-state index in [1.807, 2.05) is 5.32 Å². The zero-order valence-corrected chi connectivity index (χ0v) is 8.19. The third-order valence-electron chi connectivity index (χ3n) is 2.69. The molecule has 2 rings (SSSR count). The van der Waals surface area contributed by atoms with Crippen molar-refractivity contribution >= 4 is 17.8 Å². The molecule has 2 aliphatic rings. The zero-order chi connectivity index (χ0) is 10.8. The summed E-state index contributed by atoms with van der Waals surface area (Å²) in [5.74, 6) is -1.32. The Bertz CT molecular complexity index is 309. The van der Waals surface area contributed by atoms with Gasteiger partial charge in [0.15, 0.2) is 0 Å². The standard InChI is InChI=1S/C9H12N2O4/c12-7-8(13)11(9(14)10-7)5-6-1-3-15-4-2-6/h6H,1-5H2,(H,10,12,14). The Labute approximate surface area is 86.6 Å². The fraction of sp³-hybridized carbons (Fsp3) is 0.667. The van der Waals surface area contributed by atoms with E-state index in [1.54, 1.807) is 0 Å². The molecule has 0 aromatic rings. The van der Waals surface area contributed by atoms with Crippen LogP contribution in [-0.2, 0) is 14.3 Å². The molecule has 0 atom stereocenters. The fourth-order valence-electron chi connectivity index (χ4n) is 1.79. The molecule has 1 N–H and O–H groups in total. The molecule has 0 aromatic carbocycles. The molecule has 0 radical (unpaired) electrons. The van der Waals surface area contributed by atoms with Crippen LogP contribution in [0.1, 0.15) is 12.8 Å². The van der Waals surface area contributed by atoms with Crippen molar-refractivity contribution in [3.63, 3.8) is 0 Å². The van der Waals surface area contributed by atoms with Crippen molar-refractivity contribution in [2.24, 2.45) is 5.92 Å². The second-order valence-electron chi connectivity index (χ2n) is 3.73. The van der Waals surface area contributed by atoms with Crippen LogP contribution in [0.15, 0.2) is 0 Å². The lowest BCUT2D eigenvalue weighted by Gasteiger charge is -2.24. The van der Waals surface area contributed by atoms with E-state index < -0.39 is 17.8 Å². The molecule has 2 saturated heterocycles. The Morgan fingerprint density at radius 1 is 1.27 bits per heavy atom. The zero-order valence-electron chi connectivity index (χ0n) is 8.19. The van der Waals surface area contributed by atoms with E-state index in [0.29, 0.717) is 19.8 Å². The quantitative estimate of drug-likeness (QED) is 0.494. The molecule has 15 heavy (non-hydrogen) atoms. The summed E-state index contributed by atoms with van der Waals surface area (Å²) in [6.07, 6.45) is 1.65. The Kier molecular flexibility index (Phi) is 2.68. The molecule has 2 aliphatic heterocycles. The first-order valence-electron chi connectivity index (χ1n) is 4.93. The van der Waals surface area contributed by atoms with Crippen molar-refractivity contribution in [3.8, 4) is 0 Å². The fourth-order valence-corrected chi connectivity index (χ4v) is 1.79. The molecule has 0 aliphatic carbocycles. The number of ether oxygens (including phenoxy) is 1. The van der Waals surface area contributed by atoms with E-state index in [4.69, 9.17) is 4.74 Å². The Morgan fingerprint density at radius 3 is 2.47 bits per heavy atom. The molecule has 0 aromatic heterocycles. The monoisotopic (exact) mass is 212 g/mol. The molecule has 2 heterocycles. The van der Waals surface area contributed by atoms with Crippen LogP contribution in [0, 0.1) is 5.92 Å². The minimum absolute atomic E-state index is 0.249. The van der Waals surface area contributed by atoms with E-state index in [1.165, 1.54) is 0 Å². The highest BCUT2D eigenvalue weighted by molar-refractivity contribution is 6.44. The molecule has 0 spiro atoms. The molecule has 0 bridgehead atoms. The van der Waals surface area contributed by atoms with E-state index in [0.717, 1.165) is 17.7 Å². The van der Waals surface area contributed by atoms with Crippen LogP contribution in [0.3, 0.4) is 0 Å². The number of carbonyl (C=O) groups excluding carboxylic acids is 3. The number of amides is 4. The first-order valence-corrected chi connectivity index (χ1v) is 4.93. The van der Waals surface area contributed by atoms with Crippen LogP contribution >= 0.6 is 0 Å². The maximum absolute atomic E-state index is 11.3. The summed E-state index contributed by atoms with van der Waals surface area (Å²) >= 11 is 0. The van der Waals surface area contributed by atoms with Crippen molar-refractivity contribution in [3.05, 3.63) is 0 Å². The number of urea groups is 1. The average molecular weight is 212 g/mol. The van der Waals surface area contributed by atoms with Gasteiger partial charge in [-0.3, -0.25) is 19.8 Å². The van der Waals surface area contributed by atoms with Crippen molar-refractivity contribution < 1.29 is 19.1 Å². The van der Waals surface area contributed by atoms with Crippen molar-refractivity contribution in [1.82, 2.24) is 10.2 Å². The third-order valence-corrected chi connectivity index (χ3v) is 2.69. The Hall–Kier alpha value is -1.43. The van der Waals surface area contributed by atoms with E-state index >= 15 is 0 Å². The van der Waals surface area contributed by atoms with Crippen LogP contribution in [-0.4, -0.2) is 42.5 Å². The molecular formula is C9H12N2O4. The lowest BCUT2D eigenvalue weighted by atomic mass is 10.00. The van der Waals surface area contributed by atoms with Crippen LogP contribution in [0.25, 0.3) is 0 Å². The number of nitrogens with zero attached hydrogens (tertiary/aromatic N) is 1. The maximum Gasteiger partial charge on any atom is 0.331 e. The summed E-state index contributed by atoms with van der Waals surface area (Å²) in [5, 5.41) is 1.97. The summed E-state index contributed by atoms with van der Waals surface area (Å²) in [5.41, 5.74) is 0. The average Bonchev–Trinajstić information content (AvgIpc) is 2.47. The number of nitrogens with one attached hydrogen (secondary N) is 1. The Morgan fingerprint density at radius 2 is 1.93 bits per heavy atom. The largest absolute Gasteiger partial charge is 0.381 e. The smallest absolute Gasteiger partial charge is 0.331 e. The van der Waals surface area contributed by atoms with Crippen LogP contribution in [0.2, 0.25) is 0 Å². The molecule has 6 nitrogen and oxygen atoms in total. The van der Waals surface area contributed by atoms with E-state index in [-0.39, 0.29) is 5.92 Å². The van der Waals surface area contributed by atoms with Crippen LogP contribution in [0.4, 0.5) is 4.79 Å². The van der Waals surface area contributed by atoms with Gasteiger partial charge in [0.25, 0.3) is 0 Å². The summed E-state index contributed by atoms with van der Waals surface area (Å²) in [4.78, 5) is 34.3. The van der Waals surface area contributed by atoms with Gasteiger partial charge in [-0.15, -0.1) is 0 Å². The summed E-state index contributed by atoms with van der Waals surface area (Å²) in [7, 11) is 0. The van der Waals surface area contributed by atoms with E-state index in [2.05, 4.69) is 0 Å². The number of hydrogen-bond donors (Lipinski definition) is 1. The van der Waals surface area contributed by atoms with Crippen LogP contribution < -0.4 is 5.32 Å². The van der Waals surface area contributed by atoms with Gasteiger partial charge in [-0.2, -0.15) is 0 Å². The molecule has 0 saturated carbocycles. The van der Waals surface area contributed by atoms with Crippen LogP contribution in [0.5, 0.6) is 0 Å². The normalized spacial score (nSPS) is 23.5. The maximum atomic E-state index is 11.3. The number of imide groups is 2. The van der Waals surface area contributed by atoms with Crippen molar-refractivity contribution in [2.45, 2.75) is 12.8 Å². The second kappa shape index (κ2) is 3.98. The lowest BCUT2D eigenvalue weighted by molar-refractivity contribution is -0.140. The highest BCUT2D eigenvalue weighted by Crippen LogP contribution is 2.17. The predicted molar refractivity (Wildman–Crippen MR) is 48.8 cm³/mol. The molecule has 0 unspecified atom stereocenters. The minimum Gasteiger partial charge on any atom is -0.381 e. The summed E-state index contributed by atoms with van der Waals surface area (Å²) in [6, 6.07) is -0.600. The van der Waals surface area contributed by atoms with Gasteiger partial charge in [-0.1, -0.05) is 0 Å². The van der Waals surface area contributed by atoms with Gasteiger partial charge in [0, 0.05) is 19.8 Å². The number of hydrogen-bond acceptors (Lipinski definition) is 4. The highest BCUT2D eigenvalue weighted by Gasteiger charge is 2.38. The molecule has 82 valence electrons. The van der Waals surface area contributed by atoms with Gasteiger partial charge in [0.2, 0.25) is 0 Å². The van der Waals surface area contributed by atoms with Crippen molar-refractivity contribution in [2.75, 3.05) is 19.8 Å². The lowest BCUT2D eigenvalue weighted by Crippen LogP contribution is -2.37. The number of carbonyl (C=O) groups is 3. The molecule has 6 heteroatoms. The Balaban J connectivity index is 1.95. The van der Waals surface area contributed by atoms with Gasteiger partial charge in [-0.25, -0.2) is 4.79 Å². The SMILES string of the molecule is O=C1NC(=O)N(CC2CCOCC2)C1=O. The summed E-state index contributed by atoms with van der Waals surface area (Å²) < 4.78 is 5.17. The number of rotatable bonds is 2. The topological polar surface area (TPSA) is 75.7 Å². The van der Waals surface area contributed by atoms with Gasteiger partial charge >= 0.3 is 17.8 Å². The summed E-state index contributed by atoms with van der Waals surface area (Å²) in [6.45, 7) is 1.63. The second-order valence-corrected chi connectivity index (χ2v) is 3.73. The first-order chi connectivity index (χ1) is 7.18. The molecular weight excluding hydrogens is 200 g/mol. The van der Waals surface area contributed by atoms with Gasteiger partial charge in [0.05, 0.1) is 0 Å². The van der Waals surface area contributed by atoms with Gasteiger partial charge in [-0.05, 0) is 18.8 Å². The van der Waals surface area contributed by atoms with Gasteiger partial charge < -0.3 is 4.74 Å². The predicted octanol–water partition coefficient (Wildman–Crippen LogP) is -0.509. The van der Waals surface area contributed by atoms with Gasteiger partial charge in [0.1, 0.15) is 0 Å².